The van der Waals surface area contributed by atoms with E-state index in [1.807, 2.05) is 24.3 Å². The molecule has 1 aromatic carbocycles. The smallest absolute Gasteiger partial charge is 0.238 e. The van der Waals surface area contributed by atoms with Crippen LogP contribution in [0.25, 0.3) is 11.6 Å². The van der Waals surface area contributed by atoms with Gasteiger partial charge in [0.1, 0.15) is 0 Å². The first-order chi connectivity index (χ1) is 12.3. The maximum atomic E-state index is 12.3. The van der Waals surface area contributed by atoms with Crippen molar-refractivity contribution in [1.29, 1.82) is 0 Å². The fourth-order valence-electron chi connectivity index (χ4n) is 2.77. The molecule has 2 aromatic heterocycles. The fourth-order valence-corrected chi connectivity index (χ4v) is 2.77. The first-order valence-electron chi connectivity index (χ1n) is 8.12. The van der Waals surface area contributed by atoms with Crippen LogP contribution >= 0.6 is 0 Å². The van der Waals surface area contributed by atoms with Gasteiger partial charge in [0, 0.05) is 12.3 Å². The lowest BCUT2D eigenvalue weighted by Gasteiger charge is -2.12. The van der Waals surface area contributed by atoms with Gasteiger partial charge in [-0.15, -0.1) is 0 Å². The molecule has 0 spiro atoms. The summed E-state index contributed by atoms with van der Waals surface area (Å²) < 4.78 is 15.8. The van der Waals surface area contributed by atoms with Crippen LogP contribution in [-0.2, 0) is 16.0 Å². The third kappa shape index (κ3) is 3.46. The van der Waals surface area contributed by atoms with E-state index in [-0.39, 0.29) is 11.8 Å². The lowest BCUT2D eigenvalue weighted by atomic mass is 10.1. The van der Waals surface area contributed by atoms with Gasteiger partial charge in [0.2, 0.25) is 17.6 Å². The molecular formula is C18H17N3O4. The Hall–Kier alpha value is -2.93. The van der Waals surface area contributed by atoms with Gasteiger partial charge in [-0.2, -0.15) is 4.98 Å². The number of rotatable bonds is 5. The predicted molar refractivity (Wildman–Crippen MR) is 88.8 cm³/mol. The second-order valence-electron chi connectivity index (χ2n) is 5.87. The Morgan fingerprint density at radius 3 is 2.96 bits per heavy atom. The Bertz CT molecular complexity index is 851. The van der Waals surface area contributed by atoms with Crippen LogP contribution in [0, 0.1) is 5.92 Å². The Morgan fingerprint density at radius 1 is 1.24 bits per heavy atom. The van der Waals surface area contributed by atoms with E-state index in [9.17, 15) is 4.79 Å². The predicted octanol–water partition coefficient (Wildman–Crippen LogP) is 2.90. The van der Waals surface area contributed by atoms with Crippen LogP contribution < -0.4 is 5.32 Å². The topological polar surface area (TPSA) is 90.4 Å². The summed E-state index contributed by atoms with van der Waals surface area (Å²) in [7, 11) is 0. The molecule has 7 heteroatoms. The highest BCUT2D eigenvalue weighted by atomic mass is 16.5. The van der Waals surface area contributed by atoms with Crippen molar-refractivity contribution in [1.82, 2.24) is 10.1 Å². The van der Waals surface area contributed by atoms with E-state index >= 15 is 0 Å². The minimum atomic E-state index is -0.0954. The van der Waals surface area contributed by atoms with Crippen LogP contribution in [0.5, 0.6) is 0 Å². The van der Waals surface area contributed by atoms with Crippen molar-refractivity contribution >= 4 is 11.6 Å². The van der Waals surface area contributed by atoms with E-state index in [4.69, 9.17) is 13.7 Å². The van der Waals surface area contributed by atoms with Gasteiger partial charge in [-0.25, -0.2) is 0 Å². The molecule has 1 unspecified atom stereocenters. The number of carbonyl (C=O) groups excluding carboxylic acids is 1. The second-order valence-corrected chi connectivity index (χ2v) is 5.87. The third-order valence-corrected chi connectivity index (χ3v) is 4.13. The number of furan rings is 1. The van der Waals surface area contributed by atoms with Gasteiger partial charge in [-0.1, -0.05) is 23.4 Å². The van der Waals surface area contributed by atoms with Crippen molar-refractivity contribution in [2.24, 2.45) is 5.92 Å². The monoisotopic (exact) mass is 339 g/mol. The summed E-state index contributed by atoms with van der Waals surface area (Å²) in [5, 5.41) is 6.90. The number of amides is 1. The highest BCUT2D eigenvalue weighted by Crippen LogP contribution is 2.23. The zero-order valence-electron chi connectivity index (χ0n) is 13.5. The summed E-state index contributed by atoms with van der Waals surface area (Å²) >= 11 is 0. The molecule has 0 bridgehead atoms. The minimum Gasteiger partial charge on any atom is -0.461 e. The number of benzene rings is 1. The van der Waals surface area contributed by atoms with E-state index < -0.39 is 0 Å². The number of anilines is 1. The molecule has 1 amide bonds. The SMILES string of the molecule is O=C(Nc1ccccc1Cc1nc(-c2ccco2)no1)C1CCOC1. The molecule has 4 rings (SSSR count). The maximum Gasteiger partial charge on any atom is 0.238 e. The second kappa shape index (κ2) is 6.90. The average Bonchev–Trinajstić information content (AvgIpc) is 3.38. The molecule has 3 heterocycles. The quantitative estimate of drug-likeness (QED) is 0.768. The van der Waals surface area contributed by atoms with E-state index in [1.165, 1.54) is 0 Å². The number of ether oxygens (including phenoxy) is 1. The third-order valence-electron chi connectivity index (χ3n) is 4.13. The van der Waals surface area contributed by atoms with Crippen molar-refractivity contribution in [3.8, 4) is 11.6 Å². The molecule has 25 heavy (non-hydrogen) atoms. The number of nitrogens with one attached hydrogen (secondary N) is 1. The van der Waals surface area contributed by atoms with Gasteiger partial charge in [0.25, 0.3) is 0 Å². The summed E-state index contributed by atoms with van der Waals surface area (Å²) in [6.07, 6.45) is 2.73. The Kier molecular flexibility index (Phi) is 4.30. The van der Waals surface area contributed by atoms with Crippen LogP contribution in [0.1, 0.15) is 17.9 Å². The molecule has 3 aromatic rings. The van der Waals surface area contributed by atoms with Gasteiger partial charge < -0.3 is 19.0 Å². The summed E-state index contributed by atoms with van der Waals surface area (Å²) in [4.78, 5) is 16.7. The summed E-state index contributed by atoms with van der Waals surface area (Å²) in [6, 6.07) is 11.1. The average molecular weight is 339 g/mol. The largest absolute Gasteiger partial charge is 0.461 e. The maximum absolute atomic E-state index is 12.3. The highest BCUT2D eigenvalue weighted by molar-refractivity contribution is 5.93. The van der Waals surface area contributed by atoms with Crippen LogP contribution in [0.15, 0.2) is 51.6 Å². The van der Waals surface area contributed by atoms with E-state index in [0.717, 1.165) is 17.7 Å². The number of nitrogens with zero attached hydrogens (tertiary/aromatic N) is 2. The molecule has 1 fully saturated rings. The Morgan fingerprint density at radius 2 is 2.16 bits per heavy atom. The molecule has 1 aliphatic rings. The normalized spacial score (nSPS) is 16.9. The van der Waals surface area contributed by atoms with Crippen LogP contribution in [0.2, 0.25) is 0 Å². The molecule has 0 radical (unpaired) electrons. The first-order valence-corrected chi connectivity index (χ1v) is 8.12. The molecule has 7 nitrogen and oxygen atoms in total. The molecule has 0 saturated carbocycles. The van der Waals surface area contributed by atoms with Crippen LogP contribution in [-0.4, -0.2) is 29.3 Å². The van der Waals surface area contributed by atoms with Gasteiger partial charge in [-0.3, -0.25) is 4.79 Å². The number of hydrogen-bond donors (Lipinski definition) is 1. The molecule has 1 saturated heterocycles. The van der Waals surface area contributed by atoms with Crippen molar-refractivity contribution < 1.29 is 18.5 Å². The van der Waals surface area contributed by atoms with Crippen molar-refractivity contribution in [3.63, 3.8) is 0 Å². The zero-order valence-corrected chi connectivity index (χ0v) is 13.5. The standard InChI is InChI=1S/C18H17N3O4/c22-18(13-7-9-23-11-13)19-14-5-2-1-4-12(14)10-16-20-17(21-25-16)15-6-3-8-24-15/h1-6,8,13H,7,9-11H2,(H,19,22). The van der Waals surface area contributed by atoms with Crippen molar-refractivity contribution in [2.75, 3.05) is 18.5 Å². The van der Waals surface area contributed by atoms with Gasteiger partial charge >= 0.3 is 0 Å². The van der Waals surface area contributed by atoms with Gasteiger partial charge in [-0.05, 0) is 30.2 Å². The van der Waals surface area contributed by atoms with Gasteiger partial charge in [0.15, 0.2) is 5.76 Å². The van der Waals surface area contributed by atoms with Crippen molar-refractivity contribution in [3.05, 3.63) is 54.1 Å². The summed E-state index contributed by atoms with van der Waals surface area (Å²) in [5.74, 6) is 1.30. The minimum absolute atomic E-state index is 0.0215. The van der Waals surface area contributed by atoms with Crippen LogP contribution in [0.3, 0.4) is 0 Å². The van der Waals surface area contributed by atoms with Gasteiger partial charge in [0.05, 0.1) is 25.2 Å². The molecular weight excluding hydrogens is 322 g/mol. The first kappa shape index (κ1) is 15.6. The zero-order chi connectivity index (χ0) is 17.1. The summed E-state index contributed by atoms with van der Waals surface area (Å²) in [5.41, 5.74) is 1.65. The van der Waals surface area contributed by atoms with E-state index in [0.29, 0.717) is 37.1 Å². The number of aromatic nitrogens is 2. The van der Waals surface area contributed by atoms with Crippen molar-refractivity contribution in [2.45, 2.75) is 12.8 Å². The summed E-state index contributed by atoms with van der Waals surface area (Å²) in [6.45, 7) is 1.11. The molecule has 1 atom stereocenters. The lowest BCUT2D eigenvalue weighted by molar-refractivity contribution is -0.119. The number of para-hydroxylation sites is 1. The highest BCUT2D eigenvalue weighted by Gasteiger charge is 2.24. The lowest BCUT2D eigenvalue weighted by Crippen LogP contribution is -2.23. The van der Waals surface area contributed by atoms with Crippen LogP contribution in [0.4, 0.5) is 5.69 Å². The molecule has 1 N–H and O–H groups in total. The number of carbonyl (C=O) groups is 1. The molecule has 0 aliphatic carbocycles. The molecule has 128 valence electrons. The number of hydrogen-bond acceptors (Lipinski definition) is 6. The Balaban J connectivity index is 1.50. The fraction of sp³-hybridized carbons (Fsp3) is 0.278. The Labute approximate surface area is 144 Å². The van der Waals surface area contributed by atoms with E-state index in [2.05, 4.69) is 15.5 Å². The molecule has 1 aliphatic heterocycles. The van der Waals surface area contributed by atoms with E-state index in [1.54, 1.807) is 18.4 Å².